The minimum Gasteiger partial charge on any atom is -0.495 e. The second-order valence-electron chi connectivity index (χ2n) is 4.50. The number of hydrogen-bond acceptors (Lipinski definition) is 6. The summed E-state index contributed by atoms with van der Waals surface area (Å²) < 4.78 is 10.0. The fourth-order valence-corrected chi connectivity index (χ4v) is 2.87. The molecule has 0 aliphatic rings. The van der Waals surface area contributed by atoms with Crippen molar-refractivity contribution in [2.24, 2.45) is 0 Å². The van der Waals surface area contributed by atoms with E-state index in [-0.39, 0.29) is 5.97 Å². The van der Waals surface area contributed by atoms with E-state index in [1.807, 2.05) is 19.9 Å². The van der Waals surface area contributed by atoms with Gasteiger partial charge in [-0.05, 0) is 32.0 Å². The van der Waals surface area contributed by atoms with Gasteiger partial charge in [-0.3, -0.25) is 0 Å². The van der Waals surface area contributed by atoms with Crippen molar-refractivity contribution >= 4 is 23.0 Å². The number of rotatable bonds is 5. The van der Waals surface area contributed by atoms with E-state index in [4.69, 9.17) is 9.47 Å². The fraction of sp³-hybridized carbons (Fsp3) is 0.333. The maximum Gasteiger partial charge on any atom is 0.337 e. The normalized spacial score (nSPS) is 10.3. The number of carbonyl (C=O) groups excluding carboxylic acids is 1. The molecular weight excluding hydrogens is 288 g/mol. The number of aryl methyl sites for hydroxylation is 2. The molecule has 0 aliphatic carbocycles. The van der Waals surface area contributed by atoms with Crippen LogP contribution >= 0.6 is 11.3 Å². The molecule has 112 valence electrons. The lowest BCUT2D eigenvalue weighted by Gasteiger charge is -2.12. The molecule has 2 aromatic rings. The molecule has 6 heteroatoms. The molecule has 0 spiro atoms. The van der Waals surface area contributed by atoms with Crippen LogP contribution in [0.2, 0.25) is 0 Å². The van der Waals surface area contributed by atoms with Crippen molar-refractivity contribution in [3.05, 3.63) is 39.3 Å². The van der Waals surface area contributed by atoms with Crippen LogP contribution < -0.4 is 10.1 Å². The van der Waals surface area contributed by atoms with E-state index in [0.717, 1.165) is 16.4 Å². The topological polar surface area (TPSA) is 60.5 Å². The van der Waals surface area contributed by atoms with E-state index in [1.54, 1.807) is 30.6 Å². The number of methoxy groups -OCH3 is 2. The first-order valence-corrected chi connectivity index (χ1v) is 7.30. The minimum atomic E-state index is -0.381. The lowest BCUT2D eigenvalue weighted by molar-refractivity contribution is 0.0600. The van der Waals surface area contributed by atoms with Crippen LogP contribution in [0.3, 0.4) is 0 Å². The molecule has 1 aromatic heterocycles. The fourth-order valence-electron chi connectivity index (χ4n) is 2.00. The van der Waals surface area contributed by atoms with Crippen molar-refractivity contribution in [3.8, 4) is 5.75 Å². The van der Waals surface area contributed by atoms with Gasteiger partial charge in [-0.1, -0.05) is 0 Å². The van der Waals surface area contributed by atoms with Crippen LogP contribution in [0, 0.1) is 13.8 Å². The molecule has 0 atom stereocenters. The van der Waals surface area contributed by atoms with Gasteiger partial charge < -0.3 is 14.8 Å². The quantitative estimate of drug-likeness (QED) is 0.860. The summed E-state index contributed by atoms with van der Waals surface area (Å²) in [6, 6.07) is 5.19. The zero-order valence-electron chi connectivity index (χ0n) is 12.5. The molecule has 0 aliphatic heterocycles. The van der Waals surface area contributed by atoms with Gasteiger partial charge in [0.2, 0.25) is 0 Å². The third kappa shape index (κ3) is 3.52. The Kier molecular flexibility index (Phi) is 4.80. The number of aromatic nitrogens is 1. The molecule has 0 fully saturated rings. The molecule has 1 N–H and O–H groups in total. The third-order valence-corrected chi connectivity index (χ3v) is 4.13. The van der Waals surface area contributed by atoms with Crippen LogP contribution in [-0.2, 0) is 11.3 Å². The highest BCUT2D eigenvalue weighted by molar-refractivity contribution is 7.11. The van der Waals surface area contributed by atoms with Gasteiger partial charge in [0, 0.05) is 4.88 Å². The van der Waals surface area contributed by atoms with Gasteiger partial charge in [0.25, 0.3) is 0 Å². The summed E-state index contributed by atoms with van der Waals surface area (Å²) in [7, 11) is 2.93. The molecule has 0 saturated heterocycles. The molecule has 0 unspecified atom stereocenters. The van der Waals surface area contributed by atoms with E-state index in [1.165, 1.54) is 12.0 Å². The summed E-state index contributed by atoms with van der Waals surface area (Å²) in [4.78, 5) is 17.1. The van der Waals surface area contributed by atoms with Gasteiger partial charge >= 0.3 is 5.97 Å². The van der Waals surface area contributed by atoms with Gasteiger partial charge in [0.1, 0.15) is 5.75 Å². The lowest BCUT2D eigenvalue weighted by atomic mass is 10.2. The Morgan fingerprint density at radius 2 is 2.10 bits per heavy atom. The Morgan fingerprint density at radius 1 is 1.33 bits per heavy atom. The molecule has 0 bridgehead atoms. The van der Waals surface area contributed by atoms with Gasteiger partial charge in [0.05, 0.1) is 42.7 Å². The summed E-state index contributed by atoms with van der Waals surface area (Å²) in [5, 5.41) is 4.37. The van der Waals surface area contributed by atoms with Crippen LogP contribution in [0.4, 0.5) is 5.69 Å². The number of anilines is 1. The molecule has 21 heavy (non-hydrogen) atoms. The first-order valence-electron chi connectivity index (χ1n) is 6.48. The highest BCUT2D eigenvalue weighted by atomic mass is 32.1. The van der Waals surface area contributed by atoms with E-state index < -0.39 is 0 Å². The largest absolute Gasteiger partial charge is 0.495 e. The average Bonchev–Trinajstić information content (AvgIpc) is 2.82. The maximum atomic E-state index is 11.5. The molecule has 2 rings (SSSR count). The number of nitrogens with one attached hydrogen (secondary N) is 1. The number of carbonyl (C=O) groups is 1. The van der Waals surface area contributed by atoms with Crippen LogP contribution in [0.1, 0.15) is 25.9 Å². The standard InChI is InChI=1S/C15H18N2O3S/c1-9-14(21-10(2)17-9)8-16-12-6-5-11(15(18)20-4)7-13(12)19-3/h5-7,16H,8H2,1-4H3. The van der Waals surface area contributed by atoms with E-state index in [0.29, 0.717) is 17.9 Å². The average molecular weight is 306 g/mol. The molecule has 1 heterocycles. The van der Waals surface area contributed by atoms with E-state index in [9.17, 15) is 4.79 Å². The minimum absolute atomic E-state index is 0.381. The van der Waals surface area contributed by atoms with E-state index in [2.05, 4.69) is 10.3 Å². The Labute approximate surface area is 127 Å². The summed E-state index contributed by atoms with van der Waals surface area (Å²) in [5.41, 5.74) is 2.33. The van der Waals surface area contributed by atoms with Crippen LogP contribution in [0.5, 0.6) is 5.75 Å². The molecule has 5 nitrogen and oxygen atoms in total. The van der Waals surface area contributed by atoms with Crippen molar-refractivity contribution < 1.29 is 14.3 Å². The molecule has 1 aromatic carbocycles. The smallest absolute Gasteiger partial charge is 0.337 e. The number of ether oxygens (including phenoxy) is 2. The zero-order chi connectivity index (χ0) is 15.4. The Morgan fingerprint density at radius 3 is 2.67 bits per heavy atom. The van der Waals surface area contributed by atoms with Gasteiger partial charge in [-0.15, -0.1) is 11.3 Å². The van der Waals surface area contributed by atoms with Crippen molar-refractivity contribution in [2.75, 3.05) is 19.5 Å². The monoisotopic (exact) mass is 306 g/mol. The zero-order valence-corrected chi connectivity index (χ0v) is 13.3. The maximum absolute atomic E-state index is 11.5. The Balaban J connectivity index is 2.16. The summed E-state index contributed by atoms with van der Waals surface area (Å²) in [6.45, 7) is 4.66. The molecule has 0 saturated carbocycles. The molecular formula is C15H18N2O3S. The van der Waals surface area contributed by atoms with Crippen molar-refractivity contribution in [1.29, 1.82) is 0 Å². The molecule has 0 amide bonds. The number of nitrogens with zero attached hydrogens (tertiary/aromatic N) is 1. The highest BCUT2D eigenvalue weighted by Crippen LogP contribution is 2.27. The van der Waals surface area contributed by atoms with Crippen molar-refractivity contribution in [3.63, 3.8) is 0 Å². The van der Waals surface area contributed by atoms with Crippen LogP contribution in [-0.4, -0.2) is 25.2 Å². The van der Waals surface area contributed by atoms with Crippen LogP contribution in [0.15, 0.2) is 18.2 Å². The van der Waals surface area contributed by atoms with E-state index >= 15 is 0 Å². The predicted molar refractivity (Wildman–Crippen MR) is 83.2 cm³/mol. The predicted octanol–water partition coefficient (Wildman–Crippen LogP) is 3.17. The van der Waals surface area contributed by atoms with Crippen molar-refractivity contribution in [2.45, 2.75) is 20.4 Å². The Hall–Kier alpha value is -2.08. The Bertz CT molecular complexity index is 652. The van der Waals surface area contributed by atoms with Gasteiger partial charge in [0.15, 0.2) is 0 Å². The third-order valence-electron chi connectivity index (χ3n) is 3.06. The SMILES string of the molecule is COC(=O)c1ccc(NCc2sc(C)nc2C)c(OC)c1. The number of thiazole rings is 1. The lowest BCUT2D eigenvalue weighted by Crippen LogP contribution is -2.05. The summed E-state index contributed by atoms with van der Waals surface area (Å²) >= 11 is 1.67. The first-order chi connectivity index (χ1) is 10.0. The van der Waals surface area contributed by atoms with Crippen LogP contribution in [0.25, 0.3) is 0 Å². The molecule has 0 radical (unpaired) electrons. The number of esters is 1. The second-order valence-corrected chi connectivity index (χ2v) is 5.79. The number of hydrogen-bond donors (Lipinski definition) is 1. The van der Waals surface area contributed by atoms with Gasteiger partial charge in [-0.2, -0.15) is 0 Å². The number of benzene rings is 1. The highest BCUT2D eigenvalue weighted by Gasteiger charge is 2.11. The summed E-state index contributed by atoms with van der Waals surface area (Å²) in [6.07, 6.45) is 0. The first kappa shape index (κ1) is 15.3. The van der Waals surface area contributed by atoms with Crippen molar-refractivity contribution in [1.82, 2.24) is 4.98 Å². The second kappa shape index (κ2) is 6.58. The van der Waals surface area contributed by atoms with Gasteiger partial charge in [-0.25, -0.2) is 9.78 Å². The summed E-state index contributed by atoms with van der Waals surface area (Å²) in [5.74, 6) is 0.227.